The molecule has 0 saturated heterocycles. The quantitative estimate of drug-likeness (QED) is 0.547. The number of fused-ring (bicyclic) bond motifs is 3. The van der Waals surface area contributed by atoms with Gasteiger partial charge in [0.25, 0.3) is 0 Å². The van der Waals surface area contributed by atoms with Gasteiger partial charge in [0.05, 0.1) is 0 Å². The van der Waals surface area contributed by atoms with Crippen LogP contribution in [0.3, 0.4) is 0 Å². The van der Waals surface area contributed by atoms with Crippen molar-refractivity contribution in [1.82, 2.24) is 0 Å². The van der Waals surface area contributed by atoms with E-state index in [1.54, 1.807) is 0 Å². The molecule has 2 fully saturated rings. The highest BCUT2D eigenvalue weighted by molar-refractivity contribution is 5.81. The molecule has 3 aliphatic carbocycles. The van der Waals surface area contributed by atoms with E-state index in [4.69, 9.17) is 9.47 Å². The van der Waals surface area contributed by atoms with Crippen LogP contribution in [-0.4, -0.2) is 29.9 Å². The van der Waals surface area contributed by atoms with Crippen molar-refractivity contribution in [2.24, 2.45) is 23.2 Å². The Morgan fingerprint density at radius 2 is 1.78 bits per heavy atom. The Bertz CT molecular complexity index is 672. The van der Waals surface area contributed by atoms with Crippen LogP contribution in [0.5, 0.6) is 0 Å². The predicted octanol–water partition coefficient (Wildman–Crippen LogP) is 3.44. The van der Waals surface area contributed by atoms with Gasteiger partial charge in [-0.1, -0.05) is 18.8 Å². The molecule has 3 rings (SSSR count). The fourth-order valence-electron chi connectivity index (χ4n) is 5.68. The molecule has 27 heavy (non-hydrogen) atoms. The number of ketones is 1. The summed E-state index contributed by atoms with van der Waals surface area (Å²) in [5.41, 5.74) is -0.0368. The minimum atomic E-state index is -0.475. The average Bonchev–Trinajstić information content (AvgIpc) is 2.91. The first-order valence-electron chi connectivity index (χ1n) is 10.2. The van der Waals surface area contributed by atoms with E-state index in [1.807, 2.05) is 0 Å². The molecule has 5 heteroatoms. The van der Waals surface area contributed by atoms with Crippen LogP contribution in [0.15, 0.2) is 0 Å². The summed E-state index contributed by atoms with van der Waals surface area (Å²) in [7, 11) is 0. The standard InChI is InChI=1S/C22H30O5/c1-14(23)26-16-6-4-5-7-17-18(20(25)10-8-16)12-13-22(3)19(17)9-11-21(22)27-15(2)24/h16-19,21H,5,7-13H2,1-3H3/t16-,17-,18+,19+,21+,22+/m1/s1. The van der Waals surface area contributed by atoms with Crippen molar-refractivity contribution in [2.75, 3.05) is 0 Å². The summed E-state index contributed by atoms with van der Waals surface area (Å²) >= 11 is 0. The topological polar surface area (TPSA) is 69.7 Å². The lowest BCUT2D eigenvalue weighted by atomic mass is 9.57. The third-order valence-electron chi connectivity index (χ3n) is 6.90. The fourth-order valence-corrected chi connectivity index (χ4v) is 5.68. The Morgan fingerprint density at radius 3 is 2.48 bits per heavy atom. The van der Waals surface area contributed by atoms with Gasteiger partial charge in [0, 0.05) is 44.4 Å². The van der Waals surface area contributed by atoms with E-state index < -0.39 is 6.10 Å². The zero-order chi connectivity index (χ0) is 19.6. The Labute approximate surface area is 161 Å². The molecule has 5 nitrogen and oxygen atoms in total. The highest BCUT2D eigenvalue weighted by Crippen LogP contribution is 2.58. The second kappa shape index (κ2) is 8.04. The number of hydrogen-bond donors (Lipinski definition) is 0. The van der Waals surface area contributed by atoms with E-state index in [0.717, 1.165) is 32.1 Å². The van der Waals surface area contributed by atoms with Crippen molar-refractivity contribution in [1.29, 1.82) is 0 Å². The van der Waals surface area contributed by atoms with Crippen LogP contribution in [0.2, 0.25) is 0 Å². The fraction of sp³-hybridized carbons (Fsp3) is 0.773. The zero-order valence-corrected chi connectivity index (χ0v) is 16.6. The summed E-state index contributed by atoms with van der Waals surface area (Å²) in [6, 6.07) is 0. The third kappa shape index (κ3) is 4.20. The first-order valence-corrected chi connectivity index (χ1v) is 10.2. The summed E-state index contributed by atoms with van der Waals surface area (Å²) in [6.45, 7) is 5.09. The number of hydrogen-bond acceptors (Lipinski definition) is 5. The van der Waals surface area contributed by atoms with Crippen LogP contribution in [0.25, 0.3) is 0 Å². The van der Waals surface area contributed by atoms with Gasteiger partial charge in [0.2, 0.25) is 0 Å². The number of Topliss-reactive ketones (excluding diaryl/α,β-unsaturated/α-hetero) is 1. The molecule has 0 heterocycles. The number of rotatable bonds is 2. The van der Waals surface area contributed by atoms with Gasteiger partial charge >= 0.3 is 11.9 Å². The number of carbonyl (C=O) groups excluding carboxylic acids is 3. The van der Waals surface area contributed by atoms with Crippen LogP contribution in [0.1, 0.15) is 72.1 Å². The molecule has 0 aliphatic heterocycles. The van der Waals surface area contributed by atoms with Gasteiger partial charge in [-0.3, -0.25) is 14.4 Å². The average molecular weight is 374 g/mol. The van der Waals surface area contributed by atoms with Gasteiger partial charge in [0.1, 0.15) is 11.9 Å². The molecular weight excluding hydrogens is 344 g/mol. The second-order valence-corrected chi connectivity index (χ2v) is 8.56. The molecule has 0 spiro atoms. The van der Waals surface area contributed by atoms with Gasteiger partial charge in [-0.25, -0.2) is 0 Å². The van der Waals surface area contributed by atoms with Crippen molar-refractivity contribution >= 4 is 17.7 Å². The van der Waals surface area contributed by atoms with E-state index in [0.29, 0.717) is 31.1 Å². The molecule has 0 aromatic heterocycles. The molecule has 0 bridgehead atoms. The summed E-state index contributed by atoms with van der Waals surface area (Å²) in [4.78, 5) is 35.7. The highest BCUT2D eigenvalue weighted by atomic mass is 16.5. The van der Waals surface area contributed by atoms with Crippen LogP contribution < -0.4 is 0 Å². The van der Waals surface area contributed by atoms with Crippen molar-refractivity contribution in [3.63, 3.8) is 0 Å². The van der Waals surface area contributed by atoms with Gasteiger partial charge < -0.3 is 9.47 Å². The Kier molecular flexibility index (Phi) is 5.93. The maximum absolute atomic E-state index is 13.0. The lowest BCUT2D eigenvalue weighted by Gasteiger charge is -2.47. The molecule has 0 aromatic carbocycles. The summed E-state index contributed by atoms with van der Waals surface area (Å²) in [5.74, 6) is 6.66. The molecule has 0 amide bonds. The second-order valence-electron chi connectivity index (χ2n) is 8.56. The molecule has 0 aromatic rings. The van der Waals surface area contributed by atoms with E-state index in [9.17, 15) is 14.4 Å². The van der Waals surface area contributed by atoms with E-state index in [2.05, 4.69) is 18.8 Å². The summed E-state index contributed by atoms with van der Waals surface area (Å²) in [5, 5.41) is 0. The highest BCUT2D eigenvalue weighted by Gasteiger charge is 2.56. The SMILES string of the molecule is CC(=O)O[C@@H]1C#CCC[C@@H]2[C@H](CC[C@]3(C)[C@@H](OC(C)=O)CC[C@@H]23)C(=O)CC1. The van der Waals surface area contributed by atoms with Crippen LogP contribution in [0, 0.1) is 35.0 Å². The minimum Gasteiger partial charge on any atom is -0.462 e. The first-order chi connectivity index (χ1) is 12.8. The monoisotopic (exact) mass is 374 g/mol. The first kappa shape index (κ1) is 19.9. The number of carbonyl (C=O) groups is 3. The van der Waals surface area contributed by atoms with Crippen molar-refractivity contribution in [2.45, 2.75) is 84.3 Å². The van der Waals surface area contributed by atoms with Gasteiger partial charge in [0.15, 0.2) is 6.10 Å². The molecule has 0 unspecified atom stereocenters. The molecule has 6 atom stereocenters. The van der Waals surface area contributed by atoms with Crippen LogP contribution >= 0.6 is 0 Å². The smallest absolute Gasteiger partial charge is 0.303 e. The lowest BCUT2D eigenvalue weighted by molar-refractivity contribution is -0.156. The Hall–Kier alpha value is -1.83. The summed E-state index contributed by atoms with van der Waals surface area (Å²) < 4.78 is 10.9. The van der Waals surface area contributed by atoms with E-state index >= 15 is 0 Å². The number of ether oxygens (including phenoxy) is 2. The molecule has 2 saturated carbocycles. The largest absolute Gasteiger partial charge is 0.462 e. The molecular formula is C22H30O5. The molecule has 0 radical (unpaired) electrons. The minimum absolute atomic E-state index is 0.0362. The Morgan fingerprint density at radius 1 is 1.04 bits per heavy atom. The van der Waals surface area contributed by atoms with Gasteiger partial charge in [-0.2, -0.15) is 0 Å². The summed E-state index contributed by atoms with van der Waals surface area (Å²) in [6.07, 6.45) is 5.62. The molecule has 3 aliphatic rings. The normalized spacial score (nSPS) is 38.6. The van der Waals surface area contributed by atoms with Crippen LogP contribution in [0.4, 0.5) is 0 Å². The van der Waals surface area contributed by atoms with Crippen molar-refractivity contribution in [3.05, 3.63) is 0 Å². The molecule has 148 valence electrons. The van der Waals surface area contributed by atoms with Gasteiger partial charge in [-0.05, 0) is 43.9 Å². The van der Waals surface area contributed by atoms with Gasteiger partial charge in [-0.15, -0.1) is 0 Å². The van der Waals surface area contributed by atoms with Crippen LogP contribution in [-0.2, 0) is 23.9 Å². The zero-order valence-electron chi connectivity index (χ0n) is 16.6. The van der Waals surface area contributed by atoms with Crippen molar-refractivity contribution < 1.29 is 23.9 Å². The predicted molar refractivity (Wildman–Crippen MR) is 99.4 cm³/mol. The lowest BCUT2D eigenvalue weighted by Crippen LogP contribution is -2.46. The molecule has 0 N–H and O–H groups in total. The maximum Gasteiger partial charge on any atom is 0.303 e. The maximum atomic E-state index is 13.0. The van der Waals surface area contributed by atoms with E-state index in [-0.39, 0.29) is 35.2 Å². The Balaban J connectivity index is 1.78. The number of esters is 2. The van der Waals surface area contributed by atoms with Crippen molar-refractivity contribution in [3.8, 4) is 11.8 Å². The third-order valence-corrected chi connectivity index (χ3v) is 6.90. The van der Waals surface area contributed by atoms with E-state index in [1.165, 1.54) is 13.8 Å².